The van der Waals surface area contributed by atoms with E-state index >= 15 is 0 Å². The second kappa shape index (κ2) is 9.16. The monoisotopic (exact) mass is 399 g/mol. The molecule has 0 saturated heterocycles. The second-order valence-corrected chi connectivity index (χ2v) is 7.64. The maximum Gasteiger partial charge on any atom is 0.307 e. The predicted molar refractivity (Wildman–Crippen MR) is 114 cm³/mol. The molecule has 0 bridgehead atoms. The van der Waals surface area contributed by atoms with Gasteiger partial charge in [-0.1, -0.05) is 43.9 Å². The van der Waals surface area contributed by atoms with Crippen molar-refractivity contribution in [3.05, 3.63) is 58.2 Å². The highest BCUT2D eigenvalue weighted by Crippen LogP contribution is 2.35. The first kappa shape index (κ1) is 20.3. The highest BCUT2D eigenvalue weighted by molar-refractivity contribution is 6.32. The molecule has 0 aliphatic rings. The summed E-state index contributed by atoms with van der Waals surface area (Å²) >= 11 is 6.37. The number of halogens is 1. The number of carbonyl (C=O) groups is 1. The minimum absolute atomic E-state index is 0.0580. The first-order chi connectivity index (χ1) is 13.5. The molecule has 2 aromatic carbocycles. The summed E-state index contributed by atoms with van der Waals surface area (Å²) in [6, 6.07) is 9.44. The number of hydrogen-bond donors (Lipinski definition) is 2. The molecule has 0 amide bonds. The van der Waals surface area contributed by atoms with Crippen LogP contribution in [0.5, 0.6) is 11.5 Å². The Kier molecular flexibility index (Phi) is 6.63. The summed E-state index contributed by atoms with van der Waals surface area (Å²) in [5, 5.41) is 10.6. The fourth-order valence-corrected chi connectivity index (χ4v) is 3.82. The number of hydrogen-bond acceptors (Lipinski definition) is 2. The highest BCUT2D eigenvalue weighted by Gasteiger charge is 2.12. The molecule has 0 fully saturated rings. The maximum atomic E-state index is 10.9. The predicted octanol–water partition coefficient (Wildman–Crippen LogP) is 6.67. The van der Waals surface area contributed by atoms with Gasteiger partial charge in [-0.15, -0.1) is 0 Å². The van der Waals surface area contributed by atoms with Gasteiger partial charge in [0.2, 0.25) is 0 Å². The molecule has 148 valence electrons. The van der Waals surface area contributed by atoms with Crippen LogP contribution in [0.1, 0.15) is 49.3 Å². The van der Waals surface area contributed by atoms with E-state index in [1.165, 1.54) is 36.6 Å². The molecule has 0 aliphatic carbocycles. The Morgan fingerprint density at radius 2 is 2.00 bits per heavy atom. The summed E-state index contributed by atoms with van der Waals surface area (Å²) in [6.45, 7) is 4.09. The third-order valence-corrected chi connectivity index (χ3v) is 5.18. The Morgan fingerprint density at radius 1 is 1.18 bits per heavy atom. The van der Waals surface area contributed by atoms with E-state index in [0.717, 1.165) is 23.3 Å². The number of rotatable bonds is 9. The molecule has 3 aromatic rings. The van der Waals surface area contributed by atoms with Crippen LogP contribution in [-0.4, -0.2) is 16.1 Å². The van der Waals surface area contributed by atoms with Gasteiger partial charge in [0.05, 0.1) is 11.4 Å². The Balaban J connectivity index is 1.81. The molecule has 0 atom stereocenters. The van der Waals surface area contributed by atoms with Gasteiger partial charge in [0.25, 0.3) is 0 Å². The number of fused-ring (bicyclic) bond motifs is 1. The molecule has 0 unspecified atom stereocenters. The Hall–Kier alpha value is -2.46. The second-order valence-electron chi connectivity index (χ2n) is 7.23. The number of nitrogens with one attached hydrogen (secondary N) is 1. The van der Waals surface area contributed by atoms with Crippen molar-refractivity contribution in [3.63, 3.8) is 0 Å². The standard InChI is InChI=1S/C23H26ClNO3/c1-3-4-5-6-7-17-14-25-21-9-8-18(13-19(17)21)28-23-15(2)10-16(11-20(23)24)12-22(26)27/h8-11,13-14,25H,3-7,12H2,1-2H3,(H,26,27). The van der Waals surface area contributed by atoms with E-state index in [0.29, 0.717) is 16.3 Å². The average molecular weight is 400 g/mol. The minimum atomic E-state index is -0.881. The smallest absolute Gasteiger partial charge is 0.307 e. The Bertz CT molecular complexity index is 954. The van der Waals surface area contributed by atoms with E-state index in [4.69, 9.17) is 21.4 Å². The zero-order valence-electron chi connectivity index (χ0n) is 16.3. The molecule has 1 heterocycles. The van der Waals surface area contributed by atoms with Crippen molar-refractivity contribution >= 4 is 28.5 Å². The molecule has 2 N–H and O–H groups in total. The molecule has 0 spiro atoms. The summed E-state index contributed by atoms with van der Waals surface area (Å²) < 4.78 is 6.08. The molecular formula is C23H26ClNO3. The van der Waals surface area contributed by atoms with Crippen molar-refractivity contribution in [2.24, 2.45) is 0 Å². The van der Waals surface area contributed by atoms with Gasteiger partial charge in [-0.25, -0.2) is 0 Å². The normalized spacial score (nSPS) is 11.1. The minimum Gasteiger partial charge on any atom is -0.481 e. The van der Waals surface area contributed by atoms with Crippen LogP contribution < -0.4 is 4.74 Å². The Morgan fingerprint density at radius 3 is 2.71 bits per heavy atom. The van der Waals surface area contributed by atoms with E-state index in [1.54, 1.807) is 6.07 Å². The molecule has 1 aromatic heterocycles. The molecule has 28 heavy (non-hydrogen) atoms. The Labute approximate surface area is 170 Å². The largest absolute Gasteiger partial charge is 0.481 e. The van der Waals surface area contributed by atoms with Gasteiger partial charge >= 0.3 is 5.97 Å². The molecule has 0 radical (unpaired) electrons. The van der Waals surface area contributed by atoms with Crippen molar-refractivity contribution < 1.29 is 14.6 Å². The quantitative estimate of drug-likeness (QED) is 0.395. The van der Waals surface area contributed by atoms with Crippen LogP contribution in [0.2, 0.25) is 5.02 Å². The van der Waals surface area contributed by atoms with Crippen LogP contribution in [0.25, 0.3) is 10.9 Å². The molecular weight excluding hydrogens is 374 g/mol. The summed E-state index contributed by atoms with van der Waals surface area (Å²) in [7, 11) is 0. The first-order valence-corrected chi connectivity index (χ1v) is 10.1. The van der Waals surface area contributed by atoms with Gasteiger partial charge in [-0.3, -0.25) is 4.79 Å². The van der Waals surface area contributed by atoms with Crippen molar-refractivity contribution in [2.45, 2.75) is 52.4 Å². The summed E-state index contributed by atoms with van der Waals surface area (Å²) in [6.07, 6.45) is 8.01. The number of aryl methyl sites for hydroxylation is 2. The van der Waals surface area contributed by atoms with Gasteiger partial charge in [0, 0.05) is 17.1 Å². The topological polar surface area (TPSA) is 62.3 Å². The third kappa shape index (κ3) is 4.87. The summed E-state index contributed by atoms with van der Waals surface area (Å²) in [4.78, 5) is 14.3. The number of aromatic amines is 1. The lowest BCUT2D eigenvalue weighted by atomic mass is 10.1. The van der Waals surface area contributed by atoms with Crippen LogP contribution in [0.4, 0.5) is 0 Å². The summed E-state index contributed by atoms with van der Waals surface area (Å²) in [5.74, 6) is 0.404. The lowest BCUT2D eigenvalue weighted by Crippen LogP contribution is -2.01. The zero-order valence-corrected chi connectivity index (χ0v) is 17.1. The van der Waals surface area contributed by atoms with Gasteiger partial charge in [0.15, 0.2) is 0 Å². The SMILES string of the molecule is CCCCCCc1c[nH]c2ccc(Oc3c(C)cc(CC(=O)O)cc3Cl)cc12. The number of carboxylic acids is 1. The van der Waals surface area contributed by atoms with Crippen LogP contribution >= 0.6 is 11.6 Å². The average Bonchev–Trinajstić information content (AvgIpc) is 3.04. The third-order valence-electron chi connectivity index (χ3n) is 4.90. The van der Waals surface area contributed by atoms with Crippen LogP contribution in [-0.2, 0) is 17.6 Å². The highest BCUT2D eigenvalue weighted by atomic mass is 35.5. The molecule has 4 nitrogen and oxygen atoms in total. The van der Waals surface area contributed by atoms with Crippen LogP contribution in [0, 0.1) is 6.92 Å². The van der Waals surface area contributed by atoms with Crippen molar-refractivity contribution in [1.82, 2.24) is 4.98 Å². The number of ether oxygens (including phenoxy) is 1. The fourth-order valence-electron chi connectivity index (χ4n) is 3.50. The zero-order chi connectivity index (χ0) is 20.1. The maximum absolute atomic E-state index is 10.9. The molecule has 5 heteroatoms. The molecule has 0 aliphatic heterocycles. The van der Waals surface area contributed by atoms with E-state index in [9.17, 15) is 4.79 Å². The van der Waals surface area contributed by atoms with E-state index in [2.05, 4.69) is 18.1 Å². The van der Waals surface area contributed by atoms with E-state index in [-0.39, 0.29) is 6.42 Å². The van der Waals surface area contributed by atoms with Gasteiger partial charge < -0.3 is 14.8 Å². The van der Waals surface area contributed by atoms with Crippen LogP contribution in [0.3, 0.4) is 0 Å². The number of H-pyrrole nitrogens is 1. The number of aliphatic carboxylic acids is 1. The van der Waals surface area contributed by atoms with E-state index < -0.39 is 5.97 Å². The lowest BCUT2D eigenvalue weighted by Gasteiger charge is -2.12. The number of carboxylic acid groups (broad SMARTS) is 1. The van der Waals surface area contributed by atoms with Gasteiger partial charge in [-0.2, -0.15) is 0 Å². The van der Waals surface area contributed by atoms with Gasteiger partial charge in [0.1, 0.15) is 11.5 Å². The van der Waals surface area contributed by atoms with Crippen molar-refractivity contribution in [3.8, 4) is 11.5 Å². The summed E-state index contributed by atoms with van der Waals surface area (Å²) in [5.41, 5.74) is 3.88. The van der Waals surface area contributed by atoms with Crippen molar-refractivity contribution in [1.29, 1.82) is 0 Å². The molecule has 3 rings (SSSR count). The number of benzene rings is 2. The fraction of sp³-hybridized carbons (Fsp3) is 0.348. The molecule has 0 saturated carbocycles. The number of unbranched alkanes of at least 4 members (excludes halogenated alkanes) is 3. The van der Waals surface area contributed by atoms with Crippen LogP contribution in [0.15, 0.2) is 36.5 Å². The number of aromatic nitrogens is 1. The first-order valence-electron chi connectivity index (χ1n) is 9.76. The van der Waals surface area contributed by atoms with E-state index in [1.807, 2.05) is 31.2 Å². The lowest BCUT2D eigenvalue weighted by molar-refractivity contribution is -0.136. The van der Waals surface area contributed by atoms with Crippen molar-refractivity contribution in [2.75, 3.05) is 0 Å². The van der Waals surface area contributed by atoms with Gasteiger partial charge in [-0.05, 0) is 60.7 Å².